The average molecular weight is 316 g/mol. The van der Waals surface area contributed by atoms with Crippen molar-refractivity contribution >= 4 is 11.6 Å². The van der Waals surface area contributed by atoms with Gasteiger partial charge >= 0.3 is 0 Å². The van der Waals surface area contributed by atoms with Crippen molar-refractivity contribution in [3.63, 3.8) is 0 Å². The predicted octanol–water partition coefficient (Wildman–Crippen LogP) is 2.55. The van der Waals surface area contributed by atoms with Crippen LogP contribution in [-0.2, 0) is 4.79 Å². The van der Waals surface area contributed by atoms with Crippen LogP contribution in [0.15, 0.2) is 48.5 Å². The van der Waals surface area contributed by atoms with Crippen molar-refractivity contribution in [1.29, 1.82) is 0 Å². The zero-order valence-electron chi connectivity index (χ0n) is 13.1. The SMILES string of the molecule is Cc1cccc(N(CCC(N)=O)C[C@@H](O)c2cccc(F)c2)c1. The van der Waals surface area contributed by atoms with Crippen LogP contribution in [0, 0.1) is 12.7 Å². The number of nitrogens with zero attached hydrogens (tertiary/aromatic N) is 1. The molecule has 3 N–H and O–H groups in total. The molecule has 0 unspecified atom stereocenters. The van der Waals surface area contributed by atoms with Crippen molar-refractivity contribution in [1.82, 2.24) is 0 Å². The zero-order valence-corrected chi connectivity index (χ0v) is 13.1. The molecule has 2 aromatic carbocycles. The summed E-state index contributed by atoms with van der Waals surface area (Å²) in [5.74, 6) is -0.788. The van der Waals surface area contributed by atoms with Crippen LogP contribution in [-0.4, -0.2) is 24.1 Å². The quantitative estimate of drug-likeness (QED) is 0.825. The molecule has 1 atom stereocenters. The van der Waals surface area contributed by atoms with Crippen molar-refractivity contribution in [2.75, 3.05) is 18.0 Å². The molecule has 0 aliphatic rings. The van der Waals surface area contributed by atoms with Gasteiger partial charge in [-0.25, -0.2) is 4.39 Å². The molecule has 2 rings (SSSR count). The number of benzene rings is 2. The third-order valence-corrected chi connectivity index (χ3v) is 3.62. The number of anilines is 1. The molecule has 0 aliphatic heterocycles. The first-order chi connectivity index (χ1) is 11.0. The Bertz CT molecular complexity index is 676. The van der Waals surface area contributed by atoms with E-state index in [1.54, 1.807) is 12.1 Å². The van der Waals surface area contributed by atoms with E-state index in [2.05, 4.69) is 0 Å². The van der Waals surface area contributed by atoms with Gasteiger partial charge < -0.3 is 15.7 Å². The van der Waals surface area contributed by atoms with E-state index in [4.69, 9.17) is 5.73 Å². The van der Waals surface area contributed by atoms with Gasteiger partial charge in [0.2, 0.25) is 5.91 Å². The van der Waals surface area contributed by atoms with E-state index < -0.39 is 12.0 Å². The number of rotatable bonds is 7. The standard InChI is InChI=1S/C18H21FN2O2/c1-13-4-2-7-16(10-13)21(9-8-18(20)23)12-17(22)14-5-3-6-15(19)11-14/h2-7,10-11,17,22H,8-9,12H2,1H3,(H2,20,23)/t17-/m1/s1. The molecule has 5 heteroatoms. The van der Waals surface area contributed by atoms with Crippen LogP contribution < -0.4 is 10.6 Å². The Labute approximate surface area is 135 Å². The molecule has 122 valence electrons. The smallest absolute Gasteiger partial charge is 0.219 e. The summed E-state index contributed by atoms with van der Waals surface area (Å²) in [6.45, 7) is 2.62. The molecule has 0 radical (unpaired) electrons. The molecule has 0 saturated carbocycles. The van der Waals surface area contributed by atoms with E-state index in [1.165, 1.54) is 12.1 Å². The number of aliphatic hydroxyl groups is 1. The molecule has 0 heterocycles. The third kappa shape index (κ3) is 5.07. The molecular weight excluding hydrogens is 295 g/mol. The number of aliphatic hydroxyl groups excluding tert-OH is 1. The molecule has 0 saturated heterocycles. The van der Waals surface area contributed by atoms with Crippen LogP contribution >= 0.6 is 0 Å². The number of primary amides is 1. The maximum atomic E-state index is 13.3. The summed E-state index contributed by atoms with van der Waals surface area (Å²) in [7, 11) is 0. The summed E-state index contributed by atoms with van der Waals surface area (Å²) in [5.41, 5.74) is 7.70. The molecule has 4 nitrogen and oxygen atoms in total. The number of carbonyl (C=O) groups is 1. The zero-order chi connectivity index (χ0) is 16.8. The Morgan fingerprint density at radius 1 is 1.26 bits per heavy atom. The van der Waals surface area contributed by atoms with Crippen LogP contribution in [0.5, 0.6) is 0 Å². The van der Waals surface area contributed by atoms with Crippen molar-refractivity contribution in [2.24, 2.45) is 5.73 Å². The number of aryl methyl sites for hydroxylation is 1. The van der Waals surface area contributed by atoms with Gasteiger partial charge in [-0.3, -0.25) is 4.79 Å². The summed E-state index contributed by atoms with van der Waals surface area (Å²) >= 11 is 0. The van der Waals surface area contributed by atoms with E-state index in [-0.39, 0.29) is 18.8 Å². The molecular formula is C18H21FN2O2. The molecule has 0 aliphatic carbocycles. The van der Waals surface area contributed by atoms with E-state index in [0.29, 0.717) is 12.1 Å². The highest BCUT2D eigenvalue weighted by Crippen LogP contribution is 2.21. The number of carbonyl (C=O) groups excluding carboxylic acids is 1. The highest BCUT2D eigenvalue weighted by atomic mass is 19.1. The third-order valence-electron chi connectivity index (χ3n) is 3.62. The van der Waals surface area contributed by atoms with E-state index >= 15 is 0 Å². The Morgan fingerprint density at radius 3 is 2.65 bits per heavy atom. The number of hydrogen-bond acceptors (Lipinski definition) is 3. The Kier molecular flexibility index (Phi) is 5.71. The molecule has 0 bridgehead atoms. The molecule has 1 amide bonds. The van der Waals surface area contributed by atoms with Crippen molar-refractivity contribution in [3.8, 4) is 0 Å². The highest BCUT2D eigenvalue weighted by Gasteiger charge is 2.15. The van der Waals surface area contributed by atoms with Crippen molar-refractivity contribution in [2.45, 2.75) is 19.4 Å². The van der Waals surface area contributed by atoms with Gasteiger partial charge in [0, 0.05) is 25.2 Å². The second-order valence-corrected chi connectivity index (χ2v) is 5.57. The van der Waals surface area contributed by atoms with Crippen molar-refractivity contribution in [3.05, 3.63) is 65.5 Å². The Hall–Kier alpha value is -2.40. The molecule has 0 spiro atoms. The van der Waals surface area contributed by atoms with Gasteiger partial charge in [-0.15, -0.1) is 0 Å². The van der Waals surface area contributed by atoms with Crippen LogP contribution in [0.2, 0.25) is 0 Å². The summed E-state index contributed by atoms with van der Waals surface area (Å²) in [5, 5.41) is 10.4. The van der Waals surface area contributed by atoms with Gasteiger partial charge in [-0.2, -0.15) is 0 Å². The van der Waals surface area contributed by atoms with Crippen LogP contribution in [0.3, 0.4) is 0 Å². The Balaban J connectivity index is 2.18. The first-order valence-corrected chi connectivity index (χ1v) is 7.49. The molecule has 23 heavy (non-hydrogen) atoms. The summed E-state index contributed by atoms with van der Waals surface area (Å²) in [6.07, 6.45) is -0.678. The van der Waals surface area contributed by atoms with Gasteiger partial charge in [0.15, 0.2) is 0 Å². The lowest BCUT2D eigenvalue weighted by atomic mass is 10.1. The van der Waals surface area contributed by atoms with Crippen LogP contribution in [0.4, 0.5) is 10.1 Å². The largest absolute Gasteiger partial charge is 0.387 e. The van der Waals surface area contributed by atoms with Gasteiger partial charge in [0.05, 0.1) is 6.10 Å². The predicted molar refractivity (Wildman–Crippen MR) is 88.6 cm³/mol. The fraction of sp³-hybridized carbons (Fsp3) is 0.278. The lowest BCUT2D eigenvalue weighted by Crippen LogP contribution is -2.32. The van der Waals surface area contributed by atoms with Crippen LogP contribution in [0.1, 0.15) is 23.7 Å². The van der Waals surface area contributed by atoms with Gasteiger partial charge in [0.25, 0.3) is 0 Å². The number of hydrogen-bond donors (Lipinski definition) is 2. The minimum Gasteiger partial charge on any atom is -0.387 e. The normalized spacial score (nSPS) is 12.0. The molecule has 2 aromatic rings. The second-order valence-electron chi connectivity index (χ2n) is 5.57. The molecule has 0 fully saturated rings. The highest BCUT2D eigenvalue weighted by molar-refractivity contribution is 5.74. The molecule has 0 aromatic heterocycles. The number of halogens is 1. The topological polar surface area (TPSA) is 66.6 Å². The lowest BCUT2D eigenvalue weighted by molar-refractivity contribution is -0.117. The van der Waals surface area contributed by atoms with E-state index in [0.717, 1.165) is 11.3 Å². The number of nitrogens with two attached hydrogens (primary N) is 1. The minimum atomic E-state index is -0.862. The first kappa shape index (κ1) is 17.0. The van der Waals surface area contributed by atoms with Crippen molar-refractivity contribution < 1.29 is 14.3 Å². The van der Waals surface area contributed by atoms with Gasteiger partial charge in [-0.1, -0.05) is 24.3 Å². The minimum absolute atomic E-state index is 0.184. The van der Waals surface area contributed by atoms with Gasteiger partial charge in [0.1, 0.15) is 5.82 Å². The van der Waals surface area contributed by atoms with E-state index in [1.807, 2.05) is 36.1 Å². The maximum absolute atomic E-state index is 13.3. The summed E-state index contributed by atoms with van der Waals surface area (Å²) in [6, 6.07) is 13.7. The monoisotopic (exact) mass is 316 g/mol. The average Bonchev–Trinajstić information content (AvgIpc) is 2.51. The second kappa shape index (κ2) is 7.74. The Morgan fingerprint density at radius 2 is 2.00 bits per heavy atom. The fourth-order valence-corrected chi connectivity index (χ4v) is 2.42. The van der Waals surface area contributed by atoms with E-state index in [9.17, 15) is 14.3 Å². The summed E-state index contributed by atoms with van der Waals surface area (Å²) in [4.78, 5) is 13.0. The van der Waals surface area contributed by atoms with Crippen LogP contribution in [0.25, 0.3) is 0 Å². The maximum Gasteiger partial charge on any atom is 0.219 e. The fourth-order valence-electron chi connectivity index (χ4n) is 2.42. The lowest BCUT2D eigenvalue weighted by Gasteiger charge is -2.27. The van der Waals surface area contributed by atoms with Gasteiger partial charge in [-0.05, 0) is 42.3 Å². The first-order valence-electron chi connectivity index (χ1n) is 7.49. The summed E-state index contributed by atoms with van der Waals surface area (Å²) < 4.78 is 13.3. The number of amides is 1.